The van der Waals surface area contributed by atoms with E-state index in [0.717, 1.165) is 28.0 Å². The van der Waals surface area contributed by atoms with E-state index in [-0.39, 0.29) is 17.0 Å². The zero-order valence-electron chi connectivity index (χ0n) is 18.3. The molecule has 1 amide bonds. The van der Waals surface area contributed by atoms with Crippen molar-refractivity contribution in [1.82, 2.24) is 0 Å². The molecular formula is C27H18F3NO3S. The van der Waals surface area contributed by atoms with E-state index in [2.05, 4.69) is 0 Å². The summed E-state index contributed by atoms with van der Waals surface area (Å²) in [6, 6.07) is 17.5. The van der Waals surface area contributed by atoms with Crippen molar-refractivity contribution in [2.75, 3.05) is 4.90 Å². The van der Waals surface area contributed by atoms with Crippen molar-refractivity contribution in [2.45, 2.75) is 19.1 Å². The summed E-state index contributed by atoms with van der Waals surface area (Å²) < 4.78 is 40.3. The van der Waals surface area contributed by atoms with Gasteiger partial charge in [0.25, 0.3) is 11.7 Å². The number of aliphatic hydroxyl groups is 1. The third kappa shape index (κ3) is 3.80. The average Bonchev–Trinajstić information content (AvgIpc) is 3.38. The highest BCUT2D eigenvalue weighted by atomic mass is 32.1. The summed E-state index contributed by atoms with van der Waals surface area (Å²) in [5.41, 5.74) is -0.0503. The maximum absolute atomic E-state index is 13.4. The number of carbonyl (C=O) groups excluding carboxylic acids is 2. The number of benzene rings is 3. The molecule has 1 fully saturated rings. The fourth-order valence-corrected chi connectivity index (χ4v) is 5.45. The molecule has 2 heterocycles. The van der Waals surface area contributed by atoms with Crippen molar-refractivity contribution < 1.29 is 27.9 Å². The molecule has 0 saturated carbocycles. The summed E-state index contributed by atoms with van der Waals surface area (Å²) in [6.07, 6.45) is -4.62. The highest BCUT2D eigenvalue weighted by Gasteiger charge is 2.48. The van der Waals surface area contributed by atoms with Crippen molar-refractivity contribution >= 4 is 45.2 Å². The summed E-state index contributed by atoms with van der Waals surface area (Å²) in [5.74, 6) is -2.32. The van der Waals surface area contributed by atoms with Gasteiger partial charge in [0.15, 0.2) is 0 Å². The minimum Gasteiger partial charge on any atom is -0.507 e. The topological polar surface area (TPSA) is 57.6 Å². The van der Waals surface area contributed by atoms with Crippen molar-refractivity contribution in [3.63, 3.8) is 0 Å². The summed E-state index contributed by atoms with van der Waals surface area (Å²) in [7, 11) is 0. The quantitative estimate of drug-likeness (QED) is 0.193. The van der Waals surface area contributed by atoms with E-state index in [1.54, 1.807) is 42.6 Å². The van der Waals surface area contributed by atoms with Crippen LogP contribution in [0.15, 0.2) is 83.7 Å². The number of nitrogens with zero attached hydrogens (tertiary/aromatic N) is 1. The minimum atomic E-state index is -4.62. The van der Waals surface area contributed by atoms with E-state index >= 15 is 0 Å². The van der Waals surface area contributed by atoms with Crippen molar-refractivity contribution in [1.29, 1.82) is 0 Å². The first-order chi connectivity index (χ1) is 16.7. The van der Waals surface area contributed by atoms with Gasteiger partial charge in [0.2, 0.25) is 0 Å². The van der Waals surface area contributed by atoms with Crippen LogP contribution in [0.4, 0.5) is 18.9 Å². The smallest absolute Gasteiger partial charge is 0.416 e. The summed E-state index contributed by atoms with van der Waals surface area (Å²) in [4.78, 5) is 28.2. The van der Waals surface area contributed by atoms with Crippen molar-refractivity contribution in [3.8, 4) is 0 Å². The molecule has 4 aromatic rings. The lowest BCUT2D eigenvalue weighted by Crippen LogP contribution is -2.29. The largest absolute Gasteiger partial charge is 0.507 e. The molecule has 1 N–H and O–H groups in total. The number of aryl methyl sites for hydroxylation is 1. The van der Waals surface area contributed by atoms with Crippen LogP contribution in [0.2, 0.25) is 0 Å². The molecule has 3 aromatic carbocycles. The zero-order valence-corrected chi connectivity index (χ0v) is 19.2. The minimum absolute atomic E-state index is 0.0725. The molecule has 8 heteroatoms. The lowest BCUT2D eigenvalue weighted by Gasteiger charge is -2.25. The molecule has 0 aliphatic carbocycles. The molecule has 0 spiro atoms. The number of alkyl halides is 3. The van der Waals surface area contributed by atoms with Gasteiger partial charge in [-0.15, -0.1) is 11.3 Å². The van der Waals surface area contributed by atoms with Crippen LogP contribution in [0.3, 0.4) is 0 Å². The molecule has 0 bridgehead atoms. The number of halogens is 3. The van der Waals surface area contributed by atoms with E-state index in [0.29, 0.717) is 15.8 Å². The lowest BCUT2D eigenvalue weighted by molar-refractivity contribution is -0.137. The third-order valence-electron chi connectivity index (χ3n) is 6.09. The van der Waals surface area contributed by atoms with Crippen LogP contribution in [0.25, 0.3) is 16.5 Å². The van der Waals surface area contributed by atoms with Gasteiger partial charge in [-0.1, -0.05) is 48.5 Å². The van der Waals surface area contributed by atoms with Crippen molar-refractivity contribution in [3.05, 3.63) is 105 Å². The second kappa shape index (κ2) is 8.39. The number of thiophene rings is 1. The Morgan fingerprint density at radius 3 is 2.40 bits per heavy atom. The van der Waals surface area contributed by atoms with Crippen LogP contribution in [0, 0.1) is 6.92 Å². The van der Waals surface area contributed by atoms with E-state index in [9.17, 15) is 27.9 Å². The number of fused-ring (bicyclic) bond motifs is 1. The van der Waals surface area contributed by atoms with Gasteiger partial charge in [0.05, 0.1) is 11.1 Å². The molecule has 5 rings (SSSR count). The molecule has 1 aliphatic rings. The van der Waals surface area contributed by atoms with Crippen LogP contribution in [-0.2, 0) is 15.8 Å². The van der Waals surface area contributed by atoms with E-state index in [4.69, 9.17) is 0 Å². The number of aliphatic hydroxyl groups excluding tert-OH is 1. The van der Waals surface area contributed by atoms with Crippen LogP contribution in [0.5, 0.6) is 0 Å². The van der Waals surface area contributed by atoms with Crippen LogP contribution in [0.1, 0.15) is 27.6 Å². The number of ketones is 1. The Labute approximate surface area is 202 Å². The number of hydrogen-bond donors (Lipinski definition) is 1. The van der Waals surface area contributed by atoms with Gasteiger partial charge < -0.3 is 5.11 Å². The summed E-state index contributed by atoms with van der Waals surface area (Å²) in [5, 5.41) is 14.7. The van der Waals surface area contributed by atoms with Crippen LogP contribution in [-0.4, -0.2) is 16.8 Å². The second-order valence-electron chi connectivity index (χ2n) is 8.21. The molecule has 1 aliphatic heterocycles. The van der Waals surface area contributed by atoms with Gasteiger partial charge in [-0.25, -0.2) is 0 Å². The van der Waals surface area contributed by atoms with Gasteiger partial charge >= 0.3 is 6.18 Å². The Morgan fingerprint density at radius 2 is 1.69 bits per heavy atom. The van der Waals surface area contributed by atoms with E-state index < -0.39 is 29.5 Å². The Balaban J connectivity index is 1.77. The predicted molar refractivity (Wildman–Crippen MR) is 129 cm³/mol. The van der Waals surface area contributed by atoms with Gasteiger partial charge in [0, 0.05) is 16.1 Å². The maximum atomic E-state index is 13.4. The number of amides is 1. The molecule has 4 nitrogen and oxygen atoms in total. The Kier molecular flexibility index (Phi) is 5.48. The monoisotopic (exact) mass is 493 g/mol. The predicted octanol–water partition coefficient (Wildman–Crippen LogP) is 6.85. The number of hydrogen-bond acceptors (Lipinski definition) is 4. The molecule has 35 heavy (non-hydrogen) atoms. The first-order valence-electron chi connectivity index (χ1n) is 10.7. The van der Waals surface area contributed by atoms with Gasteiger partial charge in [-0.3, -0.25) is 14.5 Å². The van der Waals surface area contributed by atoms with Crippen LogP contribution < -0.4 is 4.90 Å². The van der Waals surface area contributed by atoms with Crippen molar-refractivity contribution in [2.24, 2.45) is 0 Å². The third-order valence-corrected chi connectivity index (χ3v) is 7.16. The molecule has 1 saturated heterocycles. The highest BCUT2D eigenvalue weighted by Crippen LogP contribution is 2.46. The van der Waals surface area contributed by atoms with E-state index in [1.165, 1.54) is 23.5 Å². The fourth-order valence-electron chi connectivity index (χ4n) is 4.42. The van der Waals surface area contributed by atoms with Gasteiger partial charge in [-0.2, -0.15) is 13.2 Å². The molecule has 1 aromatic heterocycles. The fraction of sp³-hybridized carbons (Fsp3) is 0.111. The molecule has 1 atom stereocenters. The summed E-state index contributed by atoms with van der Waals surface area (Å²) >= 11 is 1.27. The lowest BCUT2D eigenvalue weighted by atomic mass is 9.95. The zero-order chi connectivity index (χ0) is 24.9. The summed E-state index contributed by atoms with van der Waals surface area (Å²) in [6.45, 7) is 1.79. The Morgan fingerprint density at radius 1 is 0.971 bits per heavy atom. The normalized spacial score (nSPS) is 17.9. The molecule has 176 valence electrons. The Hall–Kier alpha value is -3.91. The standard InChI is InChI=1S/C27H18F3NO3S/c1-15-12-13-35-25(15)22-21(23(32)20-11-4-7-16-6-2-3-10-19(16)20)24(33)26(34)31(22)18-9-5-8-17(14-18)27(28,29)30/h2-14,22,32H,1H3/b23-21+. The number of rotatable bonds is 3. The highest BCUT2D eigenvalue weighted by molar-refractivity contribution is 7.10. The maximum Gasteiger partial charge on any atom is 0.416 e. The molecular weight excluding hydrogens is 475 g/mol. The van der Waals surface area contributed by atoms with E-state index in [1.807, 2.05) is 18.2 Å². The second-order valence-corrected chi connectivity index (χ2v) is 9.16. The van der Waals surface area contributed by atoms with Gasteiger partial charge in [0.1, 0.15) is 11.8 Å². The first kappa shape index (κ1) is 22.9. The number of anilines is 1. The molecule has 1 unspecified atom stereocenters. The first-order valence-corrected chi connectivity index (χ1v) is 11.6. The average molecular weight is 494 g/mol. The Bertz CT molecular complexity index is 1510. The van der Waals surface area contributed by atoms with Crippen LogP contribution >= 0.6 is 11.3 Å². The van der Waals surface area contributed by atoms with Gasteiger partial charge in [-0.05, 0) is 52.9 Å². The SMILES string of the molecule is Cc1ccsc1C1/C(=C(\O)c2cccc3ccccc23)C(=O)C(=O)N1c1cccc(C(F)(F)F)c1. The molecule has 0 radical (unpaired) electrons. The number of carbonyl (C=O) groups is 2. The number of Topliss-reactive ketones (excluding diaryl/α,β-unsaturated/α-hetero) is 1.